The van der Waals surface area contributed by atoms with Gasteiger partial charge in [-0.1, -0.05) is 6.07 Å². The third-order valence-corrected chi connectivity index (χ3v) is 6.57. The third-order valence-electron chi connectivity index (χ3n) is 6.57. The molecule has 2 aliphatic heterocycles. The number of amides is 1. The lowest BCUT2D eigenvalue weighted by molar-refractivity contribution is -0.137. The van der Waals surface area contributed by atoms with Crippen LogP contribution in [0.1, 0.15) is 34.5 Å². The summed E-state index contributed by atoms with van der Waals surface area (Å²) in [5.74, 6) is -1.21. The highest BCUT2D eigenvalue weighted by Crippen LogP contribution is 2.35. The molecule has 1 amide bonds. The maximum atomic E-state index is 13.4. The number of ether oxygens (including phenoxy) is 1. The number of methoxy groups -OCH3 is 1. The lowest BCUT2D eigenvalue weighted by Crippen LogP contribution is -2.49. The average molecular weight is 496 g/mol. The number of benzene rings is 1. The number of hydrogen-bond donors (Lipinski definition) is 1. The van der Waals surface area contributed by atoms with E-state index in [0.29, 0.717) is 51.5 Å². The molecule has 1 aromatic heterocycles. The summed E-state index contributed by atoms with van der Waals surface area (Å²) in [6.07, 6.45) is -1.47. The number of alkyl halides is 3. The lowest BCUT2D eigenvalue weighted by atomic mass is 10.0. The first kappa shape index (κ1) is 25.0. The van der Waals surface area contributed by atoms with Gasteiger partial charge in [0.15, 0.2) is 5.69 Å². The summed E-state index contributed by atoms with van der Waals surface area (Å²) >= 11 is 0. The van der Waals surface area contributed by atoms with Gasteiger partial charge in [-0.25, -0.2) is 9.59 Å². The van der Waals surface area contributed by atoms with E-state index in [4.69, 9.17) is 9.84 Å². The van der Waals surface area contributed by atoms with Gasteiger partial charge in [0.1, 0.15) is 0 Å². The molecule has 0 unspecified atom stereocenters. The van der Waals surface area contributed by atoms with Gasteiger partial charge in [0.25, 0.3) is 0 Å². The minimum atomic E-state index is -4.42. The normalized spacial score (nSPS) is 18.2. The van der Waals surface area contributed by atoms with Crippen LogP contribution in [0.5, 0.6) is 0 Å². The van der Waals surface area contributed by atoms with Gasteiger partial charge in [0, 0.05) is 64.8 Å². The van der Waals surface area contributed by atoms with Gasteiger partial charge < -0.3 is 19.6 Å². The zero-order valence-electron chi connectivity index (χ0n) is 19.4. The van der Waals surface area contributed by atoms with E-state index in [-0.39, 0.29) is 11.8 Å². The maximum Gasteiger partial charge on any atom is 0.416 e. The zero-order valence-corrected chi connectivity index (χ0v) is 19.4. The number of hydrogen-bond acceptors (Lipinski definition) is 6. The van der Waals surface area contributed by atoms with Crippen LogP contribution < -0.4 is 4.90 Å². The first-order valence-electron chi connectivity index (χ1n) is 11.4. The van der Waals surface area contributed by atoms with Crippen LogP contribution in [0, 0.1) is 0 Å². The number of aromatic nitrogens is 2. The number of nitrogens with zero attached hydrogens (tertiary/aromatic N) is 5. The second-order valence-electron chi connectivity index (χ2n) is 8.76. The summed E-state index contributed by atoms with van der Waals surface area (Å²) < 4.78 is 46.7. The Hall–Kier alpha value is -3.12. The molecule has 2 aromatic rings. The highest BCUT2D eigenvalue weighted by Gasteiger charge is 2.33. The summed E-state index contributed by atoms with van der Waals surface area (Å²) in [6.45, 7) is 3.57. The minimum Gasteiger partial charge on any atom is -0.476 e. The number of carboxylic acid groups (broad SMARTS) is 1. The summed E-state index contributed by atoms with van der Waals surface area (Å²) in [5.41, 5.74) is 0.527. The number of piperazine rings is 1. The molecule has 0 saturated carbocycles. The van der Waals surface area contributed by atoms with Crippen molar-refractivity contribution in [1.82, 2.24) is 19.6 Å². The van der Waals surface area contributed by atoms with Crippen molar-refractivity contribution >= 4 is 17.7 Å². The number of carbonyl (C=O) groups excluding carboxylic acids is 1. The molecule has 4 rings (SSSR count). The summed E-state index contributed by atoms with van der Waals surface area (Å²) in [4.78, 5) is 29.3. The van der Waals surface area contributed by atoms with Gasteiger partial charge in [0.05, 0.1) is 11.7 Å². The zero-order chi connectivity index (χ0) is 25.2. The van der Waals surface area contributed by atoms with E-state index in [1.807, 2.05) is 4.90 Å². The second-order valence-corrected chi connectivity index (χ2v) is 8.76. The van der Waals surface area contributed by atoms with E-state index < -0.39 is 23.7 Å². The number of carbonyl (C=O) groups is 2. The Bertz CT molecular complexity index is 1060. The van der Waals surface area contributed by atoms with Crippen LogP contribution in [0.25, 0.3) is 0 Å². The van der Waals surface area contributed by atoms with Crippen LogP contribution >= 0.6 is 0 Å². The molecule has 2 fully saturated rings. The maximum absolute atomic E-state index is 13.4. The molecule has 3 heterocycles. The molecular weight excluding hydrogens is 467 g/mol. The molecule has 2 saturated heterocycles. The second kappa shape index (κ2) is 10.2. The van der Waals surface area contributed by atoms with Gasteiger partial charge in [-0.05, 0) is 36.6 Å². The Balaban J connectivity index is 1.43. The van der Waals surface area contributed by atoms with Gasteiger partial charge in [-0.15, -0.1) is 0 Å². The van der Waals surface area contributed by atoms with E-state index >= 15 is 0 Å². The van der Waals surface area contributed by atoms with Crippen LogP contribution in [-0.4, -0.2) is 89.2 Å². The van der Waals surface area contributed by atoms with Crippen molar-refractivity contribution in [2.45, 2.75) is 31.7 Å². The Morgan fingerprint density at radius 2 is 1.77 bits per heavy atom. The molecule has 0 aliphatic carbocycles. The number of aromatic carboxylic acids is 1. The number of rotatable bonds is 5. The van der Waals surface area contributed by atoms with Crippen molar-refractivity contribution in [1.29, 1.82) is 0 Å². The van der Waals surface area contributed by atoms with Crippen molar-refractivity contribution < 1.29 is 32.6 Å². The Kier molecular flexibility index (Phi) is 7.31. The minimum absolute atomic E-state index is 0.118. The van der Waals surface area contributed by atoms with E-state index in [1.165, 1.54) is 18.3 Å². The average Bonchev–Trinajstić information content (AvgIpc) is 3.35. The van der Waals surface area contributed by atoms with Crippen molar-refractivity contribution in [3.8, 4) is 0 Å². The SMILES string of the molecule is COC1CCN(c2cc(C(F)(F)F)ccc2CN2CCN(C(=O)n3ccc(C(=O)O)n3)CC2)CC1. The predicted octanol–water partition coefficient (Wildman–Crippen LogP) is 3.00. The van der Waals surface area contributed by atoms with E-state index in [2.05, 4.69) is 10.00 Å². The van der Waals surface area contributed by atoms with Gasteiger partial charge in [0.2, 0.25) is 0 Å². The van der Waals surface area contributed by atoms with E-state index in [1.54, 1.807) is 18.1 Å². The highest BCUT2D eigenvalue weighted by molar-refractivity contribution is 5.86. The Labute approximate surface area is 200 Å². The van der Waals surface area contributed by atoms with Gasteiger partial charge in [-0.3, -0.25) is 4.90 Å². The molecule has 12 heteroatoms. The quantitative estimate of drug-likeness (QED) is 0.682. The molecule has 190 valence electrons. The standard InChI is InChI=1S/C23H28F3N5O4/c1-35-18-4-7-29(8-5-18)20-14-17(23(24,25)26)3-2-16(20)15-28-10-12-30(13-11-28)22(34)31-9-6-19(27-31)21(32)33/h2-3,6,9,14,18H,4-5,7-8,10-13,15H2,1H3,(H,32,33). The molecule has 0 radical (unpaired) electrons. The van der Waals surface area contributed by atoms with Crippen LogP contribution in [0.4, 0.5) is 23.7 Å². The molecule has 1 aromatic carbocycles. The smallest absolute Gasteiger partial charge is 0.416 e. The summed E-state index contributed by atoms with van der Waals surface area (Å²) in [5, 5.41) is 12.8. The largest absolute Gasteiger partial charge is 0.476 e. The van der Waals surface area contributed by atoms with Gasteiger partial charge in [-0.2, -0.15) is 23.0 Å². The fourth-order valence-corrected chi connectivity index (χ4v) is 4.53. The van der Waals surface area contributed by atoms with Crippen molar-refractivity contribution in [2.75, 3.05) is 51.3 Å². The Morgan fingerprint density at radius 3 is 2.34 bits per heavy atom. The topological polar surface area (TPSA) is 91.1 Å². The fourth-order valence-electron chi connectivity index (χ4n) is 4.53. The van der Waals surface area contributed by atoms with Gasteiger partial charge >= 0.3 is 18.2 Å². The van der Waals surface area contributed by atoms with Crippen LogP contribution in [-0.2, 0) is 17.5 Å². The monoisotopic (exact) mass is 495 g/mol. The molecule has 0 bridgehead atoms. The summed E-state index contributed by atoms with van der Waals surface area (Å²) in [6, 6.07) is 4.76. The van der Waals surface area contributed by atoms with Crippen LogP contribution in [0.2, 0.25) is 0 Å². The van der Waals surface area contributed by atoms with Crippen molar-refractivity contribution in [2.24, 2.45) is 0 Å². The molecule has 35 heavy (non-hydrogen) atoms. The lowest BCUT2D eigenvalue weighted by Gasteiger charge is -2.37. The first-order chi connectivity index (χ1) is 16.7. The van der Waals surface area contributed by atoms with E-state index in [0.717, 1.165) is 29.2 Å². The van der Waals surface area contributed by atoms with Crippen molar-refractivity contribution in [3.05, 3.63) is 47.3 Å². The third kappa shape index (κ3) is 5.76. The predicted molar refractivity (Wildman–Crippen MR) is 121 cm³/mol. The molecular formula is C23H28F3N5O4. The number of carboxylic acids is 1. The molecule has 0 spiro atoms. The summed E-state index contributed by atoms with van der Waals surface area (Å²) in [7, 11) is 1.65. The molecule has 1 N–H and O–H groups in total. The fraction of sp³-hybridized carbons (Fsp3) is 0.522. The number of piperidine rings is 1. The van der Waals surface area contributed by atoms with Crippen LogP contribution in [0.3, 0.4) is 0 Å². The van der Waals surface area contributed by atoms with Crippen molar-refractivity contribution in [3.63, 3.8) is 0 Å². The number of anilines is 1. The van der Waals surface area contributed by atoms with E-state index in [9.17, 15) is 22.8 Å². The first-order valence-corrected chi connectivity index (χ1v) is 11.4. The Morgan fingerprint density at radius 1 is 1.09 bits per heavy atom. The highest BCUT2D eigenvalue weighted by atomic mass is 19.4. The molecule has 0 atom stereocenters. The molecule has 2 aliphatic rings. The number of halogens is 3. The molecule has 9 nitrogen and oxygen atoms in total. The van der Waals surface area contributed by atoms with Crippen LogP contribution in [0.15, 0.2) is 30.5 Å².